The Kier molecular flexibility index (Phi) is 2.94. The molecule has 1 saturated carbocycles. The molecular weight excluding hydrogens is 148 g/mol. The van der Waals surface area contributed by atoms with E-state index >= 15 is 0 Å². The maximum absolute atomic E-state index is 10.0. The zero-order valence-corrected chi connectivity index (χ0v) is 8.27. The number of allylic oxidation sites excluding steroid dienone is 1. The van der Waals surface area contributed by atoms with Gasteiger partial charge >= 0.3 is 0 Å². The van der Waals surface area contributed by atoms with E-state index in [1.165, 1.54) is 24.8 Å². The second kappa shape index (κ2) is 3.61. The van der Waals surface area contributed by atoms with Crippen molar-refractivity contribution in [2.24, 2.45) is 5.92 Å². The van der Waals surface area contributed by atoms with Crippen LogP contribution in [0, 0.1) is 5.92 Å². The lowest BCUT2D eigenvalue weighted by molar-refractivity contribution is -0.0313. The molecule has 0 aliphatic heterocycles. The van der Waals surface area contributed by atoms with Gasteiger partial charge in [-0.25, -0.2) is 0 Å². The first kappa shape index (κ1) is 9.79. The first-order valence-electron chi connectivity index (χ1n) is 4.89. The van der Waals surface area contributed by atoms with E-state index in [0.29, 0.717) is 5.92 Å². The van der Waals surface area contributed by atoms with E-state index in [1.807, 2.05) is 13.8 Å². The lowest BCUT2D eigenvalue weighted by atomic mass is 9.74. The van der Waals surface area contributed by atoms with Crippen LogP contribution in [0.1, 0.15) is 46.0 Å². The summed E-state index contributed by atoms with van der Waals surface area (Å²) in [4.78, 5) is 0. The third kappa shape index (κ3) is 2.34. The number of aliphatic hydroxyl groups is 1. The molecule has 0 bridgehead atoms. The fourth-order valence-electron chi connectivity index (χ4n) is 2.13. The van der Waals surface area contributed by atoms with Crippen molar-refractivity contribution in [2.45, 2.75) is 51.6 Å². The molecular formula is C11H20O. The van der Waals surface area contributed by atoms with Crippen molar-refractivity contribution in [1.82, 2.24) is 0 Å². The first-order chi connectivity index (χ1) is 5.52. The van der Waals surface area contributed by atoms with Crippen LogP contribution in [0.25, 0.3) is 0 Å². The molecule has 0 aromatic carbocycles. The molecule has 1 aliphatic rings. The van der Waals surface area contributed by atoms with Crippen molar-refractivity contribution in [3.8, 4) is 0 Å². The van der Waals surface area contributed by atoms with Gasteiger partial charge in [0.05, 0.1) is 5.60 Å². The van der Waals surface area contributed by atoms with Gasteiger partial charge in [0.25, 0.3) is 0 Å². The third-order valence-corrected chi connectivity index (χ3v) is 2.96. The molecule has 2 atom stereocenters. The molecule has 70 valence electrons. The van der Waals surface area contributed by atoms with Crippen molar-refractivity contribution in [2.75, 3.05) is 0 Å². The highest BCUT2D eigenvalue weighted by molar-refractivity contribution is 4.97. The SMILES string of the molecule is C=C(C)CC1CCCCC1(C)O. The second-order valence-corrected chi connectivity index (χ2v) is 4.46. The Morgan fingerprint density at radius 2 is 2.25 bits per heavy atom. The molecule has 0 aromatic heterocycles. The third-order valence-electron chi connectivity index (χ3n) is 2.96. The van der Waals surface area contributed by atoms with Crippen LogP contribution in [0.3, 0.4) is 0 Å². The molecule has 1 fully saturated rings. The van der Waals surface area contributed by atoms with Gasteiger partial charge in [-0.15, -0.1) is 6.58 Å². The molecule has 1 rings (SSSR count). The standard InChI is InChI=1S/C11H20O/c1-9(2)8-10-6-4-5-7-11(10,3)12/h10,12H,1,4-8H2,2-3H3. The van der Waals surface area contributed by atoms with E-state index in [2.05, 4.69) is 6.58 Å². The fraction of sp³-hybridized carbons (Fsp3) is 0.818. The summed E-state index contributed by atoms with van der Waals surface area (Å²) in [6, 6.07) is 0. The molecule has 0 radical (unpaired) electrons. The van der Waals surface area contributed by atoms with Crippen molar-refractivity contribution in [3.05, 3.63) is 12.2 Å². The Labute approximate surface area is 75.5 Å². The van der Waals surface area contributed by atoms with E-state index in [0.717, 1.165) is 12.8 Å². The van der Waals surface area contributed by atoms with Crippen LogP contribution >= 0.6 is 0 Å². The quantitative estimate of drug-likeness (QED) is 0.629. The molecule has 12 heavy (non-hydrogen) atoms. The largest absolute Gasteiger partial charge is 0.390 e. The summed E-state index contributed by atoms with van der Waals surface area (Å²) < 4.78 is 0. The topological polar surface area (TPSA) is 20.2 Å². The minimum atomic E-state index is -0.433. The van der Waals surface area contributed by atoms with Gasteiger partial charge in [0.2, 0.25) is 0 Å². The normalized spacial score (nSPS) is 36.4. The lowest BCUT2D eigenvalue weighted by Gasteiger charge is -2.37. The summed E-state index contributed by atoms with van der Waals surface area (Å²) in [5.74, 6) is 0.448. The number of rotatable bonds is 2. The molecule has 1 heteroatoms. The summed E-state index contributed by atoms with van der Waals surface area (Å²) >= 11 is 0. The minimum Gasteiger partial charge on any atom is -0.390 e. The summed E-state index contributed by atoms with van der Waals surface area (Å²) in [6.07, 6.45) is 5.57. The smallest absolute Gasteiger partial charge is 0.0650 e. The van der Waals surface area contributed by atoms with Crippen LogP contribution in [0.4, 0.5) is 0 Å². The van der Waals surface area contributed by atoms with Gasteiger partial charge in [-0.05, 0) is 39.0 Å². The molecule has 2 unspecified atom stereocenters. The Hall–Kier alpha value is -0.300. The van der Waals surface area contributed by atoms with Gasteiger partial charge in [-0.3, -0.25) is 0 Å². The van der Waals surface area contributed by atoms with Gasteiger partial charge in [-0.1, -0.05) is 18.4 Å². The van der Waals surface area contributed by atoms with Crippen molar-refractivity contribution in [1.29, 1.82) is 0 Å². The predicted octanol–water partition coefficient (Wildman–Crippen LogP) is 2.89. The lowest BCUT2D eigenvalue weighted by Crippen LogP contribution is -2.37. The zero-order chi connectivity index (χ0) is 9.19. The Morgan fingerprint density at radius 3 is 2.75 bits per heavy atom. The highest BCUT2D eigenvalue weighted by atomic mass is 16.3. The predicted molar refractivity (Wildman–Crippen MR) is 52.0 cm³/mol. The highest BCUT2D eigenvalue weighted by Gasteiger charge is 2.33. The van der Waals surface area contributed by atoms with Gasteiger partial charge in [0.15, 0.2) is 0 Å². The van der Waals surface area contributed by atoms with Crippen LogP contribution in [0.15, 0.2) is 12.2 Å². The molecule has 0 saturated heterocycles. The van der Waals surface area contributed by atoms with E-state index in [4.69, 9.17) is 0 Å². The summed E-state index contributed by atoms with van der Waals surface area (Å²) in [5, 5.41) is 10.0. The fourth-order valence-corrected chi connectivity index (χ4v) is 2.13. The van der Waals surface area contributed by atoms with Gasteiger partial charge < -0.3 is 5.11 Å². The van der Waals surface area contributed by atoms with Crippen molar-refractivity contribution < 1.29 is 5.11 Å². The zero-order valence-electron chi connectivity index (χ0n) is 8.27. The molecule has 0 heterocycles. The molecule has 1 aliphatic carbocycles. The van der Waals surface area contributed by atoms with E-state index in [1.54, 1.807) is 0 Å². The van der Waals surface area contributed by atoms with E-state index in [9.17, 15) is 5.11 Å². The second-order valence-electron chi connectivity index (χ2n) is 4.46. The summed E-state index contributed by atoms with van der Waals surface area (Å²) in [5.41, 5.74) is 0.763. The Morgan fingerprint density at radius 1 is 1.58 bits per heavy atom. The molecule has 1 nitrogen and oxygen atoms in total. The minimum absolute atomic E-state index is 0.433. The van der Waals surface area contributed by atoms with Crippen LogP contribution in [0.2, 0.25) is 0 Å². The number of hydrogen-bond acceptors (Lipinski definition) is 1. The Bertz CT molecular complexity index is 170. The Balaban J connectivity index is 2.54. The maximum atomic E-state index is 10.0. The highest BCUT2D eigenvalue weighted by Crippen LogP contribution is 2.36. The first-order valence-corrected chi connectivity index (χ1v) is 4.89. The van der Waals surface area contributed by atoms with E-state index < -0.39 is 5.60 Å². The number of hydrogen-bond donors (Lipinski definition) is 1. The molecule has 0 aromatic rings. The van der Waals surface area contributed by atoms with E-state index in [-0.39, 0.29) is 0 Å². The summed E-state index contributed by atoms with van der Waals surface area (Å²) in [6.45, 7) is 7.92. The van der Waals surface area contributed by atoms with Crippen molar-refractivity contribution in [3.63, 3.8) is 0 Å². The molecule has 0 spiro atoms. The van der Waals surface area contributed by atoms with Crippen molar-refractivity contribution >= 4 is 0 Å². The molecule has 0 amide bonds. The van der Waals surface area contributed by atoms with Gasteiger partial charge in [0.1, 0.15) is 0 Å². The van der Waals surface area contributed by atoms with Gasteiger partial charge in [0, 0.05) is 0 Å². The monoisotopic (exact) mass is 168 g/mol. The maximum Gasteiger partial charge on any atom is 0.0650 e. The van der Waals surface area contributed by atoms with Crippen LogP contribution in [-0.2, 0) is 0 Å². The van der Waals surface area contributed by atoms with Crippen LogP contribution in [0.5, 0.6) is 0 Å². The molecule has 1 N–H and O–H groups in total. The van der Waals surface area contributed by atoms with Gasteiger partial charge in [-0.2, -0.15) is 0 Å². The average Bonchev–Trinajstić information content (AvgIpc) is 1.92. The van der Waals surface area contributed by atoms with Crippen LogP contribution < -0.4 is 0 Å². The summed E-state index contributed by atoms with van der Waals surface area (Å²) in [7, 11) is 0. The average molecular weight is 168 g/mol. The van der Waals surface area contributed by atoms with Crippen LogP contribution in [-0.4, -0.2) is 10.7 Å².